The van der Waals surface area contributed by atoms with Crippen molar-refractivity contribution in [1.29, 1.82) is 0 Å². The second-order valence-electron chi connectivity index (χ2n) is 5.17. The molecule has 0 aliphatic carbocycles. The van der Waals surface area contributed by atoms with E-state index in [1.165, 1.54) is 0 Å². The highest BCUT2D eigenvalue weighted by Gasteiger charge is 2.51. The molecule has 0 spiro atoms. The van der Waals surface area contributed by atoms with Crippen LogP contribution in [-0.2, 0) is 9.59 Å². The number of nitrogens with one attached hydrogen (secondary N) is 2. The topological polar surface area (TPSA) is 58.2 Å². The maximum absolute atomic E-state index is 12.2. The standard InChI is InChI=1S/C13H20N2O2S/c1-5-9(4)13(7-6-8(2)3)10(16)14-12(18)15-11(13)17/h5,8-9H,1,6-7H2,2-4H3,(H2,14,15,16,17,18). The van der Waals surface area contributed by atoms with Crippen LogP contribution in [-0.4, -0.2) is 16.9 Å². The summed E-state index contributed by atoms with van der Waals surface area (Å²) in [7, 11) is 0. The third-order valence-electron chi connectivity index (χ3n) is 3.51. The van der Waals surface area contributed by atoms with E-state index < -0.39 is 5.41 Å². The third kappa shape index (κ3) is 2.61. The van der Waals surface area contributed by atoms with Gasteiger partial charge in [-0.3, -0.25) is 9.59 Å². The number of hydrogen-bond donors (Lipinski definition) is 2. The number of carbonyl (C=O) groups is 2. The summed E-state index contributed by atoms with van der Waals surface area (Å²) in [5.41, 5.74) is -1.09. The molecule has 0 aromatic heterocycles. The van der Waals surface area contributed by atoms with Crippen LogP contribution in [0.4, 0.5) is 0 Å². The molecule has 1 aliphatic rings. The minimum Gasteiger partial charge on any atom is -0.302 e. The predicted octanol–water partition coefficient (Wildman–Crippen LogP) is 1.76. The first kappa shape index (κ1) is 14.8. The number of hydrogen-bond acceptors (Lipinski definition) is 3. The normalized spacial score (nSPS) is 20.3. The molecular formula is C13H20N2O2S. The van der Waals surface area contributed by atoms with Crippen LogP contribution in [0.3, 0.4) is 0 Å². The van der Waals surface area contributed by atoms with Crippen LogP contribution in [0.2, 0.25) is 0 Å². The fourth-order valence-corrected chi connectivity index (χ4v) is 2.33. The van der Waals surface area contributed by atoms with Crippen molar-refractivity contribution in [3.8, 4) is 0 Å². The minimum atomic E-state index is -1.09. The fourth-order valence-electron chi connectivity index (χ4n) is 2.15. The van der Waals surface area contributed by atoms with Crippen LogP contribution in [0.25, 0.3) is 0 Å². The summed E-state index contributed by atoms with van der Waals surface area (Å²) in [5.74, 6) is -0.443. The first-order valence-corrected chi connectivity index (χ1v) is 6.54. The molecule has 1 fully saturated rings. The molecule has 1 rings (SSSR count). The Kier molecular flexibility index (Phi) is 4.62. The van der Waals surface area contributed by atoms with Crippen LogP contribution < -0.4 is 10.6 Å². The molecule has 1 aliphatic heterocycles. The lowest BCUT2D eigenvalue weighted by Gasteiger charge is -2.38. The van der Waals surface area contributed by atoms with Crippen molar-refractivity contribution in [1.82, 2.24) is 10.6 Å². The van der Waals surface area contributed by atoms with Crippen molar-refractivity contribution < 1.29 is 9.59 Å². The van der Waals surface area contributed by atoms with Gasteiger partial charge in [-0.1, -0.05) is 26.8 Å². The van der Waals surface area contributed by atoms with Crippen LogP contribution in [0, 0.1) is 17.3 Å². The lowest BCUT2D eigenvalue weighted by Crippen LogP contribution is -2.64. The summed E-state index contributed by atoms with van der Waals surface area (Å²) in [6.45, 7) is 9.67. The molecule has 0 bridgehead atoms. The Labute approximate surface area is 113 Å². The van der Waals surface area contributed by atoms with Crippen LogP contribution in [0.5, 0.6) is 0 Å². The van der Waals surface area contributed by atoms with Gasteiger partial charge in [0, 0.05) is 0 Å². The van der Waals surface area contributed by atoms with Gasteiger partial charge in [0.15, 0.2) is 5.11 Å². The number of thiocarbonyl (C=S) groups is 1. The Bertz CT molecular complexity index is 370. The van der Waals surface area contributed by atoms with Crippen molar-refractivity contribution in [3.05, 3.63) is 12.7 Å². The van der Waals surface area contributed by atoms with E-state index in [0.29, 0.717) is 12.3 Å². The highest BCUT2D eigenvalue weighted by Crippen LogP contribution is 2.37. The summed E-state index contributed by atoms with van der Waals surface area (Å²) in [6.07, 6.45) is 2.94. The number of allylic oxidation sites excluding steroid dienone is 1. The second-order valence-corrected chi connectivity index (χ2v) is 5.57. The van der Waals surface area contributed by atoms with Gasteiger partial charge in [0.05, 0.1) is 0 Å². The quantitative estimate of drug-likeness (QED) is 0.454. The molecule has 1 atom stereocenters. The molecule has 0 radical (unpaired) electrons. The minimum absolute atomic E-state index is 0.0847. The van der Waals surface area contributed by atoms with Gasteiger partial charge >= 0.3 is 0 Å². The average Bonchev–Trinajstić information content (AvgIpc) is 2.27. The van der Waals surface area contributed by atoms with E-state index in [-0.39, 0.29) is 22.8 Å². The summed E-state index contributed by atoms with van der Waals surface area (Å²) in [5, 5.41) is 5.19. The van der Waals surface area contributed by atoms with Gasteiger partial charge in [0.25, 0.3) is 0 Å². The summed E-state index contributed by atoms with van der Waals surface area (Å²) >= 11 is 4.83. The molecule has 18 heavy (non-hydrogen) atoms. The maximum Gasteiger partial charge on any atom is 0.242 e. The Morgan fingerprint density at radius 2 is 1.78 bits per heavy atom. The Balaban J connectivity index is 3.09. The van der Waals surface area contributed by atoms with Crippen LogP contribution >= 0.6 is 12.2 Å². The largest absolute Gasteiger partial charge is 0.302 e. The molecule has 0 aromatic rings. The first-order valence-electron chi connectivity index (χ1n) is 6.14. The fraction of sp³-hybridized carbons (Fsp3) is 0.615. The molecule has 2 amide bonds. The van der Waals surface area contributed by atoms with Gasteiger partial charge in [0.1, 0.15) is 5.41 Å². The molecule has 1 unspecified atom stereocenters. The van der Waals surface area contributed by atoms with Crippen molar-refractivity contribution in [2.45, 2.75) is 33.6 Å². The van der Waals surface area contributed by atoms with Crippen molar-refractivity contribution in [3.63, 3.8) is 0 Å². The zero-order valence-electron chi connectivity index (χ0n) is 11.1. The second kappa shape index (κ2) is 5.61. The Morgan fingerprint density at radius 1 is 1.28 bits per heavy atom. The van der Waals surface area contributed by atoms with Crippen molar-refractivity contribution in [2.75, 3.05) is 0 Å². The van der Waals surface area contributed by atoms with E-state index in [9.17, 15) is 9.59 Å². The van der Waals surface area contributed by atoms with E-state index in [0.717, 1.165) is 6.42 Å². The summed E-state index contributed by atoms with van der Waals surface area (Å²) in [4.78, 5) is 24.5. The van der Waals surface area contributed by atoms with Gasteiger partial charge in [-0.2, -0.15) is 0 Å². The third-order valence-corrected chi connectivity index (χ3v) is 3.72. The van der Waals surface area contributed by atoms with Gasteiger partial charge < -0.3 is 10.6 Å². The highest BCUT2D eigenvalue weighted by molar-refractivity contribution is 7.80. The smallest absolute Gasteiger partial charge is 0.242 e. The summed E-state index contributed by atoms with van der Waals surface area (Å²) < 4.78 is 0. The summed E-state index contributed by atoms with van der Waals surface area (Å²) in [6, 6.07) is 0. The lowest BCUT2D eigenvalue weighted by molar-refractivity contribution is -0.146. The van der Waals surface area contributed by atoms with Crippen LogP contribution in [0.1, 0.15) is 33.6 Å². The van der Waals surface area contributed by atoms with Crippen LogP contribution in [0.15, 0.2) is 12.7 Å². The number of amides is 2. The van der Waals surface area contributed by atoms with E-state index in [1.54, 1.807) is 6.08 Å². The molecule has 0 aromatic carbocycles. The van der Waals surface area contributed by atoms with Gasteiger partial charge in [0.2, 0.25) is 11.8 Å². The molecule has 1 heterocycles. The Morgan fingerprint density at radius 3 is 2.17 bits per heavy atom. The zero-order valence-corrected chi connectivity index (χ0v) is 11.9. The predicted molar refractivity (Wildman–Crippen MR) is 74.7 cm³/mol. The average molecular weight is 268 g/mol. The highest BCUT2D eigenvalue weighted by atomic mass is 32.1. The molecule has 2 N–H and O–H groups in total. The van der Waals surface area contributed by atoms with Crippen molar-refractivity contribution >= 4 is 29.1 Å². The Hall–Kier alpha value is -1.23. The molecular weight excluding hydrogens is 248 g/mol. The number of carbonyl (C=O) groups excluding carboxylic acids is 2. The van der Waals surface area contributed by atoms with E-state index in [1.807, 2.05) is 6.92 Å². The van der Waals surface area contributed by atoms with E-state index >= 15 is 0 Å². The van der Waals surface area contributed by atoms with Gasteiger partial charge in [-0.25, -0.2) is 0 Å². The molecule has 100 valence electrons. The molecule has 5 heteroatoms. The molecule has 4 nitrogen and oxygen atoms in total. The monoisotopic (exact) mass is 268 g/mol. The molecule has 0 saturated carbocycles. The van der Waals surface area contributed by atoms with Gasteiger partial charge in [-0.15, -0.1) is 6.58 Å². The van der Waals surface area contributed by atoms with Gasteiger partial charge in [-0.05, 0) is 36.9 Å². The number of rotatable bonds is 5. The molecule has 1 saturated heterocycles. The van der Waals surface area contributed by atoms with Crippen molar-refractivity contribution in [2.24, 2.45) is 17.3 Å². The first-order chi connectivity index (χ1) is 8.34. The zero-order chi connectivity index (χ0) is 13.9. The van der Waals surface area contributed by atoms with E-state index in [4.69, 9.17) is 12.2 Å². The maximum atomic E-state index is 12.2. The lowest BCUT2D eigenvalue weighted by atomic mass is 9.69. The van der Waals surface area contributed by atoms with E-state index in [2.05, 4.69) is 31.1 Å². The SMILES string of the molecule is C=CC(C)C1(CCC(C)C)C(=O)NC(=S)NC1=O.